The number of ether oxygens (including phenoxy) is 1. The van der Waals surface area contributed by atoms with E-state index in [1.807, 2.05) is 49.4 Å². The van der Waals surface area contributed by atoms with E-state index in [0.29, 0.717) is 12.1 Å². The van der Waals surface area contributed by atoms with Crippen molar-refractivity contribution in [2.24, 2.45) is 0 Å². The van der Waals surface area contributed by atoms with Crippen LogP contribution in [0, 0.1) is 6.92 Å². The number of benzene rings is 2. The van der Waals surface area contributed by atoms with Crippen molar-refractivity contribution in [1.82, 2.24) is 5.32 Å². The highest BCUT2D eigenvalue weighted by atomic mass is 79.9. The highest BCUT2D eigenvalue weighted by Crippen LogP contribution is 2.19. The van der Waals surface area contributed by atoms with Crippen molar-refractivity contribution in [3.05, 3.63) is 63.6 Å². The third-order valence-electron chi connectivity index (χ3n) is 3.37. The Morgan fingerprint density at radius 3 is 2.57 bits per heavy atom. The predicted molar refractivity (Wildman–Crippen MR) is 87.9 cm³/mol. The monoisotopic (exact) mass is 347 g/mol. The molecule has 0 fully saturated rings. The zero-order chi connectivity index (χ0) is 15.2. The predicted octanol–water partition coefficient (Wildman–Crippen LogP) is 3.74. The minimum Gasteiger partial charge on any atom is -0.497 e. The van der Waals surface area contributed by atoms with Gasteiger partial charge in [-0.2, -0.15) is 0 Å². The Hall–Kier alpha value is -1.81. The lowest BCUT2D eigenvalue weighted by atomic mass is 10.1. The van der Waals surface area contributed by atoms with Crippen molar-refractivity contribution in [1.29, 1.82) is 0 Å². The molecule has 0 saturated heterocycles. The second-order valence-corrected chi connectivity index (χ2v) is 5.62. The molecule has 0 unspecified atom stereocenters. The fourth-order valence-corrected chi connectivity index (χ4v) is 2.43. The zero-order valence-corrected chi connectivity index (χ0v) is 13.7. The Balaban J connectivity index is 1.90. The number of nitrogens with one attached hydrogen (secondary N) is 1. The summed E-state index contributed by atoms with van der Waals surface area (Å²) in [5.41, 5.74) is 2.83. The summed E-state index contributed by atoms with van der Waals surface area (Å²) in [6.07, 6.45) is 0.794. The highest BCUT2D eigenvalue weighted by Gasteiger charge is 2.09. The summed E-state index contributed by atoms with van der Waals surface area (Å²) in [5.74, 6) is 0.801. The van der Waals surface area contributed by atoms with Crippen molar-refractivity contribution < 1.29 is 9.53 Å². The normalized spacial score (nSPS) is 10.2. The summed E-state index contributed by atoms with van der Waals surface area (Å²) < 4.78 is 6.07. The van der Waals surface area contributed by atoms with E-state index in [9.17, 15) is 4.79 Å². The molecule has 0 spiro atoms. The molecule has 3 nitrogen and oxygen atoms in total. The first kappa shape index (κ1) is 15.6. The summed E-state index contributed by atoms with van der Waals surface area (Å²) in [4.78, 5) is 12.2. The number of amides is 1. The molecular formula is C17H18BrNO2. The second kappa shape index (κ2) is 7.27. The van der Waals surface area contributed by atoms with Crippen LogP contribution in [-0.4, -0.2) is 19.6 Å². The van der Waals surface area contributed by atoms with Gasteiger partial charge >= 0.3 is 0 Å². The van der Waals surface area contributed by atoms with Gasteiger partial charge in [0.05, 0.1) is 7.11 Å². The molecule has 0 aliphatic carbocycles. The van der Waals surface area contributed by atoms with Gasteiger partial charge in [0, 0.05) is 16.6 Å². The van der Waals surface area contributed by atoms with E-state index in [4.69, 9.17) is 4.74 Å². The Kier molecular flexibility index (Phi) is 5.39. The van der Waals surface area contributed by atoms with Crippen LogP contribution in [0.15, 0.2) is 46.9 Å². The van der Waals surface area contributed by atoms with E-state index in [2.05, 4.69) is 21.2 Å². The highest BCUT2D eigenvalue weighted by molar-refractivity contribution is 9.10. The average Bonchev–Trinajstić information content (AvgIpc) is 2.50. The molecule has 21 heavy (non-hydrogen) atoms. The lowest BCUT2D eigenvalue weighted by Gasteiger charge is -2.09. The van der Waals surface area contributed by atoms with E-state index >= 15 is 0 Å². The standard InChI is InChI=1S/C17H18BrNO2/c1-12-15(4-3-5-16(12)18)17(20)19-11-10-13-6-8-14(21-2)9-7-13/h3-9H,10-11H2,1-2H3,(H,19,20). The maximum Gasteiger partial charge on any atom is 0.251 e. The third kappa shape index (κ3) is 4.08. The van der Waals surface area contributed by atoms with E-state index in [-0.39, 0.29) is 5.91 Å². The van der Waals surface area contributed by atoms with Gasteiger partial charge in [0.25, 0.3) is 5.91 Å². The number of methoxy groups -OCH3 is 1. The van der Waals surface area contributed by atoms with Gasteiger partial charge in [-0.1, -0.05) is 34.1 Å². The van der Waals surface area contributed by atoms with Crippen LogP contribution in [0.4, 0.5) is 0 Å². The van der Waals surface area contributed by atoms with Crippen LogP contribution in [-0.2, 0) is 6.42 Å². The van der Waals surface area contributed by atoms with Gasteiger partial charge in [-0.3, -0.25) is 4.79 Å². The van der Waals surface area contributed by atoms with Crippen LogP contribution in [0.25, 0.3) is 0 Å². The third-order valence-corrected chi connectivity index (χ3v) is 4.23. The molecule has 0 saturated carbocycles. The molecule has 2 rings (SSSR count). The summed E-state index contributed by atoms with van der Waals surface area (Å²) in [5, 5.41) is 2.95. The van der Waals surface area contributed by atoms with Gasteiger partial charge < -0.3 is 10.1 Å². The molecule has 2 aromatic rings. The second-order valence-electron chi connectivity index (χ2n) is 4.77. The number of carbonyl (C=O) groups is 1. The molecule has 4 heteroatoms. The van der Waals surface area contributed by atoms with E-state index < -0.39 is 0 Å². The Labute approximate surface area is 133 Å². The number of halogens is 1. The molecule has 0 aromatic heterocycles. The van der Waals surface area contributed by atoms with E-state index in [1.165, 1.54) is 5.56 Å². The first-order valence-corrected chi connectivity index (χ1v) is 7.57. The van der Waals surface area contributed by atoms with E-state index in [1.54, 1.807) is 7.11 Å². The average molecular weight is 348 g/mol. The fraction of sp³-hybridized carbons (Fsp3) is 0.235. The van der Waals surface area contributed by atoms with Crippen LogP contribution in [0.2, 0.25) is 0 Å². The number of hydrogen-bond donors (Lipinski definition) is 1. The van der Waals surface area contributed by atoms with Gasteiger partial charge in [-0.15, -0.1) is 0 Å². The van der Waals surface area contributed by atoms with Crippen molar-refractivity contribution in [2.45, 2.75) is 13.3 Å². The van der Waals surface area contributed by atoms with Crippen molar-refractivity contribution in [2.75, 3.05) is 13.7 Å². The zero-order valence-electron chi connectivity index (χ0n) is 12.2. The summed E-state index contributed by atoms with van der Waals surface area (Å²) >= 11 is 3.44. The van der Waals surface area contributed by atoms with E-state index in [0.717, 1.165) is 22.2 Å². The smallest absolute Gasteiger partial charge is 0.251 e. The van der Waals surface area contributed by atoms with Crippen LogP contribution in [0.3, 0.4) is 0 Å². The number of hydrogen-bond acceptors (Lipinski definition) is 2. The largest absolute Gasteiger partial charge is 0.497 e. The van der Waals surface area contributed by atoms with Gasteiger partial charge in [-0.05, 0) is 48.7 Å². The molecule has 1 N–H and O–H groups in total. The molecule has 110 valence electrons. The van der Waals surface area contributed by atoms with Gasteiger partial charge in [0.15, 0.2) is 0 Å². The molecular weight excluding hydrogens is 330 g/mol. The number of rotatable bonds is 5. The Morgan fingerprint density at radius 1 is 1.19 bits per heavy atom. The summed E-state index contributed by atoms with van der Waals surface area (Å²) in [7, 11) is 1.65. The Morgan fingerprint density at radius 2 is 1.90 bits per heavy atom. The maximum atomic E-state index is 12.2. The molecule has 0 bridgehead atoms. The van der Waals surface area contributed by atoms with Gasteiger partial charge in [0.2, 0.25) is 0 Å². The minimum atomic E-state index is -0.0395. The summed E-state index contributed by atoms with van der Waals surface area (Å²) in [6, 6.07) is 13.5. The first-order valence-electron chi connectivity index (χ1n) is 6.78. The molecule has 0 aliphatic rings. The van der Waals surface area contributed by atoms with Crippen molar-refractivity contribution in [3.8, 4) is 5.75 Å². The van der Waals surface area contributed by atoms with Gasteiger partial charge in [-0.25, -0.2) is 0 Å². The maximum absolute atomic E-state index is 12.2. The van der Waals surface area contributed by atoms with Crippen LogP contribution < -0.4 is 10.1 Å². The Bertz CT molecular complexity index is 623. The van der Waals surface area contributed by atoms with Crippen molar-refractivity contribution in [3.63, 3.8) is 0 Å². The minimum absolute atomic E-state index is 0.0395. The van der Waals surface area contributed by atoms with Crippen LogP contribution in [0.1, 0.15) is 21.5 Å². The van der Waals surface area contributed by atoms with Crippen molar-refractivity contribution >= 4 is 21.8 Å². The van der Waals surface area contributed by atoms with Gasteiger partial charge in [0.1, 0.15) is 5.75 Å². The molecule has 2 aromatic carbocycles. The molecule has 0 aliphatic heterocycles. The molecule has 1 amide bonds. The topological polar surface area (TPSA) is 38.3 Å². The molecule has 0 heterocycles. The lowest BCUT2D eigenvalue weighted by molar-refractivity contribution is 0.0953. The molecule has 0 atom stereocenters. The lowest BCUT2D eigenvalue weighted by Crippen LogP contribution is -2.26. The number of carbonyl (C=O) groups excluding carboxylic acids is 1. The first-order chi connectivity index (χ1) is 10.1. The summed E-state index contributed by atoms with van der Waals surface area (Å²) in [6.45, 7) is 2.54. The molecule has 0 radical (unpaired) electrons. The quantitative estimate of drug-likeness (QED) is 0.894. The fourth-order valence-electron chi connectivity index (χ4n) is 2.06. The van der Waals surface area contributed by atoms with Crippen LogP contribution >= 0.6 is 15.9 Å². The van der Waals surface area contributed by atoms with Crippen LogP contribution in [0.5, 0.6) is 5.75 Å². The SMILES string of the molecule is COc1ccc(CCNC(=O)c2cccc(Br)c2C)cc1.